The second kappa shape index (κ2) is 4.23. The summed E-state index contributed by atoms with van der Waals surface area (Å²) in [6, 6.07) is 7.29. The Balaban J connectivity index is 2.05. The van der Waals surface area contributed by atoms with E-state index in [4.69, 9.17) is 4.52 Å². The van der Waals surface area contributed by atoms with E-state index < -0.39 is 5.82 Å². The summed E-state index contributed by atoms with van der Waals surface area (Å²) in [5.74, 6) is -0.0597. The average molecular weight is 262 g/mol. The number of hydrogen-bond acceptors (Lipinski definition) is 5. The number of hydrogen-bond donors (Lipinski definition) is 1. The van der Waals surface area contributed by atoms with Gasteiger partial charge in [0.2, 0.25) is 5.82 Å². The number of thiophene rings is 1. The van der Waals surface area contributed by atoms with E-state index in [1.54, 1.807) is 0 Å². The zero-order valence-electron chi connectivity index (χ0n) is 9.00. The molecule has 3 rings (SSSR count). The molecule has 0 aliphatic rings. The molecule has 1 N–H and O–H groups in total. The number of benzene rings is 1. The molecule has 0 atom stereocenters. The van der Waals surface area contributed by atoms with E-state index in [2.05, 4.69) is 10.1 Å². The molecule has 0 unspecified atom stereocenters. The van der Waals surface area contributed by atoms with Crippen LogP contribution in [0, 0.1) is 5.82 Å². The standard InChI is InChI=1S/C12H7FN2O2S/c13-7-3-4-9(16)8(6-7)12-14-11(15-17-12)10-2-1-5-18-10/h1-6,16H. The Labute approximate surface area is 105 Å². The van der Waals surface area contributed by atoms with Crippen molar-refractivity contribution < 1.29 is 14.0 Å². The first-order valence-electron chi connectivity index (χ1n) is 5.10. The van der Waals surface area contributed by atoms with Crippen LogP contribution in [0.2, 0.25) is 0 Å². The highest BCUT2D eigenvalue weighted by atomic mass is 32.1. The quantitative estimate of drug-likeness (QED) is 0.769. The van der Waals surface area contributed by atoms with Crippen LogP contribution < -0.4 is 0 Å². The van der Waals surface area contributed by atoms with Gasteiger partial charge in [0.1, 0.15) is 11.6 Å². The largest absolute Gasteiger partial charge is 0.507 e. The molecule has 3 aromatic rings. The Morgan fingerprint density at radius 2 is 2.17 bits per heavy atom. The van der Waals surface area contributed by atoms with E-state index in [0.29, 0.717) is 5.82 Å². The molecule has 0 fully saturated rings. The molecular weight excluding hydrogens is 255 g/mol. The molecule has 0 saturated heterocycles. The van der Waals surface area contributed by atoms with Crippen LogP contribution in [-0.4, -0.2) is 15.2 Å². The molecule has 0 spiro atoms. The van der Waals surface area contributed by atoms with Crippen LogP contribution >= 0.6 is 11.3 Å². The summed E-state index contributed by atoms with van der Waals surface area (Å²) >= 11 is 1.47. The first kappa shape index (κ1) is 10.9. The Morgan fingerprint density at radius 1 is 1.28 bits per heavy atom. The first-order chi connectivity index (χ1) is 8.74. The molecule has 6 heteroatoms. The Bertz CT molecular complexity index is 679. The maximum Gasteiger partial charge on any atom is 0.262 e. The lowest BCUT2D eigenvalue weighted by atomic mass is 10.2. The Kier molecular flexibility index (Phi) is 2.56. The van der Waals surface area contributed by atoms with E-state index in [-0.39, 0.29) is 17.2 Å². The van der Waals surface area contributed by atoms with Crippen molar-refractivity contribution >= 4 is 11.3 Å². The fraction of sp³-hybridized carbons (Fsp3) is 0. The Hall–Kier alpha value is -2.21. The van der Waals surface area contributed by atoms with Gasteiger partial charge in [0.05, 0.1) is 10.4 Å². The molecule has 0 aliphatic heterocycles. The normalized spacial score (nSPS) is 10.7. The average Bonchev–Trinajstić information content (AvgIpc) is 3.00. The van der Waals surface area contributed by atoms with Crippen LogP contribution in [0.5, 0.6) is 5.75 Å². The molecule has 0 amide bonds. The number of rotatable bonds is 2. The van der Waals surface area contributed by atoms with Gasteiger partial charge in [0.25, 0.3) is 5.89 Å². The van der Waals surface area contributed by atoms with Crippen LogP contribution in [0.15, 0.2) is 40.2 Å². The van der Waals surface area contributed by atoms with Gasteiger partial charge in [0, 0.05) is 0 Å². The van der Waals surface area contributed by atoms with Crippen molar-refractivity contribution in [1.29, 1.82) is 0 Å². The van der Waals surface area contributed by atoms with Gasteiger partial charge in [0.15, 0.2) is 0 Å². The molecule has 2 heterocycles. The molecular formula is C12H7FN2O2S. The van der Waals surface area contributed by atoms with Crippen molar-refractivity contribution in [3.05, 3.63) is 41.5 Å². The second-order valence-corrected chi connectivity index (χ2v) is 4.51. The molecule has 18 heavy (non-hydrogen) atoms. The van der Waals surface area contributed by atoms with E-state index in [9.17, 15) is 9.50 Å². The lowest BCUT2D eigenvalue weighted by Gasteiger charge is -1.98. The molecule has 90 valence electrons. The highest BCUT2D eigenvalue weighted by Gasteiger charge is 2.15. The molecule has 4 nitrogen and oxygen atoms in total. The highest BCUT2D eigenvalue weighted by molar-refractivity contribution is 7.13. The highest BCUT2D eigenvalue weighted by Crippen LogP contribution is 2.30. The minimum absolute atomic E-state index is 0.0930. The fourth-order valence-electron chi connectivity index (χ4n) is 1.52. The zero-order chi connectivity index (χ0) is 12.5. The lowest BCUT2D eigenvalue weighted by Crippen LogP contribution is -1.82. The van der Waals surface area contributed by atoms with Crippen molar-refractivity contribution in [3.8, 4) is 27.9 Å². The summed E-state index contributed by atoms with van der Waals surface area (Å²) in [6.07, 6.45) is 0. The molecule has 0 saturated carbocycles. The van der Waals surface area contributed by atoms with Gasteiger partial charge < -0.3 is 9.63 Å². The van der Waals surface area contributed by atoms with E-state index >= 15 is 0 Å². The number of phenols is 1. The SMILES string of the molecule is Oc1ccc(F)cc1-c1nc(-c2cccs2)no1. The maximum atomic E-state index is 13.1. The molecule has 0 bridgehead atoms. The summed E-state index contributed by atoms with van der Waals surface area (Å²) in [6.45, 7) is 0. The number of phenolic OH excluding ortho intramolecular Hbond substituents is 1. The van der Waals surface area contributed by atoms with Gasteiger partial charge >= 0.3 is 0 Å². The number of halogens is 1. The zero-order valence-corrected chi connectivity index (χ0v) is 9.82. The van der Waals surface area contributed by atoms with E-state index in [0.717, 1.165) is 17.0 Å². The van der Waals surface area contributed by atoms with Gasteiger partial charge in [-0.05, 0) is 29.6 Å². The third-order valence-corrected chi connectivity index (χ3v) is 3.22. The maximum absolute atomic E-state index is 13.1. The van der Waals surface area contributed by atoms with Gasteiger partial charge in [-0.15, -0.1) is 11.3 Å². The van der Waals surface area contributed by atoms with Crippen LogP contribution in [0.4, 0.5) is 4.39 Å². The van der Waals surface area contributed by atoms with Crippen LogP contribution in [0.3, 0.4) is 0 Å². The second-order valence-electron chi connectivity index (χ2n) is 3.56. The Morgan fingerprint density at radius 3 is 2.94 bits per heavy atom. The molecule has 1 aromatic carbocycles. The van der Waals surface area contributed by atoms with Crippen molar-refractivity contribution in [2.75, 3.05) is 0 Å². The van der Waals surface area contributed by atoms with Crippen LogP contribution in [0.25, 0.3) is 22.2 Å². The fourth-order valence-corrected chi connectivity index (χ4v) is 2.17. The smallest absolute Gasteiger partial charge is 0.262 e. The van der Waals surface area contributed by atoms with Crippen molar-refractivity contribution in [2.45, 2.75) is 0 Å². The minimum Gasteiger partial charge on any atom is -0.507 e. The van der Waals surface area contributed by atoms with Gasteiger partial charge in [-0.2, -0.15) is 4.98 Å². The summed E-state index contributed by atoms with van der Waals surface area (Å²) in [7, 11) is 0. The van der Waals surface area contributed by atoms with Crippen molar-refractivity contribution in [3.63, 3.8) is 0 Å². The van der Waals surface area contributed by atoms with E-state index in [1.807, 2.05) is 17.5 Å². The van der Waals surface area contributed by atoms with Crippen LogP contribution in [-0.2, 0) is 0 Å². The van der Waals surface area contributed by atoms with Gasteiger partial charge in [-0.25, -0.2) is 4.39 Å². The monoisotopic (exact) mass is 262 g/mol. The molecule has 0 aliphatic carbocycles. The van der Waals surface area contributed by atoms with Crippen LogP contribution in [0.1, 0.15) is 0 Å². The van der Waals surface area contributed by atoms with E-state index in [1.165, 1.54) is 17.4 Å². The van der Waals surface area contributed by atoms with Gasteiger partial charge in [-0.3, -0.25) is 0 Å². The topological polar surface area (TPSA) is 59.2 Å². The lowest BCUT2D eigenvalue weighted by molar-refractivity contribution is 0.425. The minimum atomic E-state index is -0.473. The predicted octanol–water partition coefficient (Wildman–Crippen LogP) is 3.31. The molecule has 2 aromatic heterocycles. The summed E-state index contributed by atoms with van der Waals surface area (Å²) in [5, 5.41) is 15.3. The number of aromatic hydroxyl groups is 1. The third kappa shape index (κ3) is 1.86. The predicted molar refractivity (Wildman–Crippen MR) is 64.7 cm³/mol. The number of aromatic nitrogens is 2. The summed E-state index contributed by atoms with van der Waals surface area (Å²) < 4.78 is 18.1. The third-order valence-electron chi connectivity index (χ3n) is 2.36. The summed E-state index contributed by atoms with van der Waals surface area (Å²) in [4.78, 5) is 4.98. The first-order valence-corrected chi connectivity index (χ1v) is 5.98. The van der Waals surface area contributed by atoms with Gasteiger partial charge in [-0.1, -0.05) is 11.2 Å². The molecule has 0 radical (unpaired) electrons. The van der Waals surface area contributed by atoms with Crippen molar-refractivity contribution in [2.24, 2.45) is 0 Å². The summed E-state index contributed by atoms with van der Waals surface area (Å²) in [5.41, 5.74) is 0.185. The number of nitrogens with zero attached hydrogens (tertiary/aromatic N) is 2. The van der Waals surface area contributed by atoms with Crippen molar-refractivity contribution in [1.82, 2.24) is 10.1 Å².